The molecule has 0 aliphatic rings. The van der Waals surface area contributed by atoms with Gasteiger partial charge in [0.15, 0.2) is 5.65 Å². The van der Waals surface area contributed by atoms with E-state index in [0.29, 0.717) is 18.5 Å². The molecule has 0 atom stereocenters. The van der Waals surface area contributed by atoms with Gasteiger partial charge in [-0.2, -0.15) is 19.6 Å². The Kier molecular flexibility index (Phi) is 4.88. The first-order valence-corrected chi connectivity index (χ1v) is 9.57. The van der Waals surface area contributed by atoms with Crippen molar-refractivity contribution < 1.29 is 4.18 Å². The fraction of sp³-hybridized carbons (Fsp3) is 0.158. The quantitative estimate of drug-likeness (QED) is 0.512. The summed E-state index contributed by atoms with van der Waals surface area (Å²) in [6.45, 7) is 2.56. The molecule has 0 spiro atoms. The highest BCUT2D eigenvalue weighted by molar-refractivity contribution is 7.94. The van der Waals surface area contributed by atoms with Crippen LogP contribution < -0.4 is 9.50 Å². The van der Waals surface area contributed by atoms with E-state index in [1.165, 1.54) is 12.0 Å². The van der Waals surface area contributed by atoms with Crippen LogP contribution in [0.25, 0.3) is 16.9 Å². The predicted octanol–water partition coefficient (Wildman–Crippen LogP) is 3.76. The van der Waals surface area contributed by atoms with Crippen LogP contribution in [0, 0.1) is 6.92 Å². The monoisotopic (exact) mass is 378 g/mol. The molecule has 0 radical (unpaired) electrons. The van der Waals surface area contributed by atoms with Gasteiger partial charge in [-0.3, -0.25) is 4.98 Å². The molecule has 4 aromatic rings. The topological polar surface area (TPSA) is 77.2 Å². The van der Waals surface area contributed by atoms with E-state index in [2.05, 4.69) is 49.6 Å². The van der Waals surface area contributed by atoms with Crippen LogP contribution in [-0.2, 0) is 6.54 Å². The minimum Gasteiger partial charge on any atom is -0.389 e. The van der Waals surface area contributed by atoms with E-state index in [4.69, 9.17) is 4.18 Å². The average Bonchev–Trinajstić information content (AvgIpc) is 3.09. The molecule has 0 aliphatic carbocycles. The summed E-state index contributed by atoms with van der Waals surface area (Å²) in [6.07, 6.45) is 5.39. The highest BCUT2D eigenvalue weighted by Crippen LogP contribution is 2.20. The standard InChI is InChI=1S/C19H18N6OS/c1-13-11-22-25-17(13)23-19(26-27-2)24-18(25)21-12-14-6-8-15(9-7-14)16-5-3-4-10-20-16/h3-11H,12H2,1-2H3,(H,21,23,24). The molecule has 0 aliphatic heterocycles. The van der Waals surface area contributed by atoms with Crippen molar-refractivity contribution in [2.24, 2.45) is 0 Å². The maximum Gasteiger partial charge on any atom is 0.334 e. The second kappa shape index (κ2) is 7.63. The average molecular weight is 378 g/mol. The Hall–Kier alpha value is -3.13. The molecule has 0 fully saturated rings. The van der Waals surface area contributed by atoms with Crippen molar-refractivity contribution in [2.45, 2.75) is 13.5 Å². The molecule has 7 nitrogen and oxygen atoms in total. The van der Waals surface area contributed by atoms with Gasteiger partial charge in [0.1, 0.15) is 0 Å². The Morgan fingerprint density at radius 1 is 1.11 bits per heavy atom. The van der Waals surface area contributed by atoms with Crippen molar-refractivity contribution in [2.75, 3.05) is 11.6 Å². The smallest absolute Gasteiger partial charge is 0.334 e. The van der Waals surface area contributed by atoms with Gasteiger partial charge < -0.3 is 9.50 Å². The third-order valence-electron chi connectivity index (χ3n) is 4.05. The number of hydrogen-bond acceptors (Lipinski definition) is 7. The molecule has 4 rings (SSSR count). The lowest BCUT2D eigenvalue weighted by Crippen LogP contribution is -2.09. The van der Waals surface area contributed by atoms with Gasteiger partial charge in [0.25, 0.3) is 0 Å². The lowest BCUT2D eigenvalue weighted by atomic mass is 10.1. The first-order chi connectivity index (χ1) is 13.2. The zero-order valence-electron chi connectivity index (χ0n) is 15.0. The van der Waals surface area contributed by atoms with Crippen LogP contribution in [0.1, 0.15) is 11.1 Å². The summed E-state index contributed by atoms with van der Waals surface area (Å²) in [5.41, 5.74) is 4.85. The number of aromatic nitrogens is 5. The first-order valence-electron chi connectivity index (χ1n) is 8.42. The molecule has 3 heterocycles. The van der Waals surface area contributed by atoms with E-state index in [-0.39, 0.29) is 0 Å². The van der Waals surface area contributed by atoms with Crippen LogP contribution in [0.5, 0.6) is 6.01 Å². The molecule has 0 saturated heterocycles. The lowest BCUT2D eigenvalue weighted by molar-refractivity contribution is 0.584. The van der Waals surface area contributed by atoms with Gasteiger partial charge in [0.05, 0.1) is 23.9 Å². The van der Waals surface area contributed by atoms with Crippen LogP contribution in [0.2, 0.25) is 0 Å². The second-order valence-corrected chi connectivity index (χ2v) is 6.41. The van der Waals surface area contributed by atoms with Crippen molar-refractivity contribution in [3.8, 4) is 17.3 Å². The number of nitrogens with zero attached hydrogens (tertiary/aromatic N) is 5. The third-order valence-corrected chi connectivity index (χ3v) is 4.36. The van der Waals surface area contributed by atoms with Gasteiger partial charge in [0.2, 0.25) is 5.95 Å². The van der Waals surface area contributed by atoms with Crippen LogP contribution in [0.4, 0.5) is 5.95 Å². The van der Waals surface area contributed by atoms with Crippen LogP contribution in [0.3, 0.4) is 0 Å². The summed E-state index contributed by atoms with van der Waals surface area (Å²) < 4.78 is 7.09. The van der Waals surface area contributed by atoms with Crippen LogP contribution in [-0.4, -0.2) is 30.8 Å². The Morgan fingerprint density at radius 3 is 2.70 bits per heavy atom. The maximum atomic E-state index is 5.40. The minimum absolute atomic E-state index is 0.312. The highest BCUT2D eigenvalue weighted by Gasteiger charge is 2.12. The summed E-state index contributed by atoms with van der Waals surface area (Å²) in [6, 6.07) is 14.5. The molecule has 1 N–H and O–H groups in total. The van der Waals surface area contributed by atoms with Crippen LogP contribution in [0.15, 0.2) is 54.9 Å². The number of nitrogens with one attached hydrogen (secondary N) is 1. The Labute approximate surface area is 161 Å². The molecule has 27 heavy (non-hydrogen) atoms. The number of aryl methyl sites for hydroxylation is 1. The molecule has 136 valence electrons. The van der Waals surface area contributed by atoms with E-state index >= 15 is 0 Å². The van der Waals surface area contributed by atoms with Gasteiger partial charge in [-0.15, -0.1) is 0 Å². The van der Waals surface area contributed by atoms with Crippen molar-refractivity contribution >= 4 is 23.6 Å². The Bertz CT molecular complexity index is 1050. The van der Waals surface area contributed by atoms with E-state index in [9.17, 15) is 0 Å². The molecule has 3 aromatic heterocycles. The second-order valence-electron chi connectivity index (χ2n) is 5.91. The molecule has 1 aromatic carbocycles. The van der Waals surface area contributed by atoms with E-state index in [1.807, 2.05) is 31.4 Å². The fourth-order valence-corrected chi connectivity index (χ4v) is 2.93. The first kappa shape index (κ1) is 17.3. The number of anilines is 1. The van der Waals surface area contributed by atoms with E-state index in [0.717, 1.165) is 28.0 Å². The van der Waals surface area contributed by atoms with Gasteiger partial charge in [-0.05, 0) is 24.6 Å². The van der Waals surface area contributed by atoms with Gasteiger partial charge >= 0.3 is 6.01 Å². The Balaban J connectivity index is 1.55. The van der Waals surface area contributed by atoms with Crippen molar-refractivity contribution in [3.05, 3.63) is 66.0 Å². The summed E-state index contributed by atoms with van der Waals surface area (Å²) in [5.74, 6) is 0.589. The SMILES string of the molecule is CSOc1nc(NCc2ccc(-c3ccccn3)cc2)n2ncc(C)c2n1. The van der Waals surface area contributed by atoms with Crippen molar-refractivity contribution in [1.29, 1.82) is 0 Å². The third kappa shape index (κ3) is 3.70. The number of fused-ring (bicyclic) bond motifs is 1. The van der Waals surface area contributed by atoms with E-state index in [1.54, 1.807) is 16.9 Å². The largest absolute Gasteiger partial charge is 0.389 e. The van der Waals surface area contributed by atoms with Crippen molar-refractivity contribution in [1.82, 2.24) is 24.6 Å². The minimum atomic E-state index is 0.312. The molecule has 0 bridgehead atoms. The van der Waals surface area contributed by atoms with Gasteiger partial charge in [-0.1, -0.05) is 30.3 Å². The molecule has 8 heteroatoms. The predicted molar refractivity (Wildman–Crippen MR) is 107 cm³/mol. The summed E-state index contributed by atoms with van der Waals surface area (Å²) in [4.78, 5) is 13.2. The normalized spacial score (nSPS) is 10.9. The van der Waals surface area contributed by atoms with Crippen LogP contribution >= 0.6 is 12.0 Å². The fourth-order valence-electron chi connectivity index (χ4n) is 2.70. The maximum absolute atomic E-state index is 5.40. The highest BCUT2D eigenvalue weighted by atomic mass is 32.2. The molecule has 0 unspecified atom stereocenters. The van der Waals surface area contributed by atoms with Gasteiger partial charge in [0, 0.05) is 30.1 Å². The Morgan fingerprint density at radius 2 is 1.96 bits per heavy atom. The summed E-state index contributed by atoms with van der Waals surface area (Å²) in [5, 5.41) is 7.66. The molecular formula is C19H18N6OS. The van der Waals surface area contributed by atoms with E-state index < -0.39 is 0 Å². The lowest BCUT2D eigenvalue weighted by Gasteiger charge is -2.09. The van der Waals surface area contributed by atoms with Crippen molar-refractivity contribution in [3.63, 3.8) is 0 Å². The summed E-state index contributed by atoms with van der Waals surface area (Å²) >= 11 is 1.21. The number of pyridine rings is 1. The zero-order valence-corrected chi connectivity index (χ0v) is 15.8. The zero-order chi connectivity index (χ0) is 18.6. The number of hydrogen-bond donors (Lipinski definition) is 1. The van der Waals surface area contributed by atoms with Gasteiger partial charge in [-0.25, -0.2) is 0 Å². The molecule has 0 saturated carbocycles. The number of benzene rings is 1. The molecular weight excluding hydrogens is 360 g/mol. The number of rotatable bonds is 6. The summed E-state index contributed by atoms with van der Waals surface area (Å²) in [7, 11) is 0. The molecule has 0 amide bonds.